The molecule has 1 aliphatic carbocycles. The van der Waals surface area contributed by atoms with E-state index in [9.17, 15) is 0 Å². The molecule has 0 saturated heterocycles. The van der Waals surface area contributed by atoms with Crippen molar-refractivity contribution in [2.45, 2.75) is 60.3 Å². The summed E-state index contributed by atoms with van der Waals surface area (Å²) >= 11 is 0. The zero-order valence-electron chi connectivity index (χ0n) is 13.5. The second-order valence-electron chi connectivity index (χ2n) is 7.20. The molecule has 0 spiro atoms. The first-order valence-corrected chi connectivity index (χ1v) is 7.99. The smallest absolute Gasteiger partial charge is 0.0128 e. The van der Waals surface area contributed by atoms with Crippen molar-refractivity contribution >= 4 is 0 Å². The fraction of sp³-hybridized carbons (Fsp3) is 0.684. The van der Waals surface area contributed by atoms with Crippen LogP contribution in [0.15, 0.2) is 18.2 Å². The average Bonchev–Trinajstić information content (AvgIpc) is 2.29. The van der Waals surface area contributed by atoms with Gasteiger partial charge in [0.2, 0.25) is 0 Å². The van der Waals surface area contributed by atoms with Crippen molar-refractivity contribution in [2.24, 2.45) is 23.7 Å². The molecule has 0 radical (unpaired) electrons. The van der Waals surface area contributed by atoms with E-state index in [2.05, 4.69) is 59.7 Å². The van der Waals surface area contributed by atoms with Crippen LogP contribution in [0.5, 0.6) is 0 Å². The average molecular weight is 258 g/mol. The maximum atomic E-state index is 2.41. The Morgan fingerprint density at radius 2 is 1.58 bits per heavy atom. The normalized spacial score (nSPS) is 23.2. The molecule has 19 heavy (non-hydrogen) atoms. The van der Waals surface area contributed by atoms with Crippen molar-refractivity contribution in [1.29, 1.82) is 0 Å². The van der Waals surface area contributed by atoms with Crippen molar-refractivity contribution in [3.63, 3.8) is 0 Å². The highest BCUT2D eigenvalue weighted by molar-refractivity contribution is 5.37. The molecule has 106 valence electrons. The van der Waals surface area contributed by atoms with Gasteiger partial charge in [-0.05, 0) is 73.0 Å². The minimum Gasteiger partial charge on any atom is -0.0625 e. The Balaban J connectivity index is 2.25. The van der Waals surface area contributed by atoms with Gasteiger partial charge < -0.3 is 0 Å². The zero-order chi connectivity index (χ0) is 14.2. The van der Waals surface area contributed by atoms with Gasteiger partial charge in [0.1, 0.15) is 0 Å². The number of hydrogen-bond donors (Lipinski definition) is 0. The Bertz CT molecular complexity index is 420. The van der Waals surface area contributed by atoms with E-state index < -0.39 is 0 Å². The van der Waals surface area contributed by atoms with Gasteiger partial charge in [0.05, 0.1) is 0 Å². The first-order valence-electron chi connectivity index (χ1n) is 7.99. The Labute approximate surface area is 119 Å². The summed E-state index contributed by atoms with van der Waals surface area (Å²) in [6.45, 7) is 14.2. The van der Waals surface area contributed by atoms with Crippen LogP contribution in [0, 0.1) is 37.5 Å². The van der Waals surface area contributed by atoms with Gasteiger partial charge in [0, 0.05) is 0 Å². The van der Waals surface area contributed by atoms with Crippen LogP contribution in [0.1, 0.15) is 63.1 Å². The molecule has 0 heteroatoms. The minimum atomic E-state index is 0.804. The molecular formula is C19H30. The second-order valence-corrected chi connectivity index (χ2v) is 7.20. The molecule has 1 aromatic rings. The van der Waals surface area contributed by atoms with E-state index in [0.717, 1.165) is 29.6 Å². The molecule has 1 saturated carbocycles. The van der Waals surface area contributed by atoms with Crippen LogP contribution < -0.4 is 0 Å². The molecule has 1 fully saturated rings. The van der Waals surface area contributed by atoms with Crippen molar-refractivity contribution in [2.75, 3.05) is 0 Å². The van der Waals surface area contributed by atoms with Gasteiger partial charge in [-0.2, -0.15) is 0 Å². The molecule has 2 unspecified atom stereocenters. The third-order valence-electron chi connectivity index (χ3n) is 5.41. The number of hydrogen-bond acceptors (Lipinski definition) is 0. The molecule has 0 amide bonds. The van der Waals surface area contributed by atoms with Crippen LogP contribution in [-0.4, -0.2) is 0 Å². The second kappa shape index (κ2) is 5.69. The largest absolute Gasteiger partial charge is 0.0625 e. The fourth-order valence-corrected chi connectivity index (χ4v) is 4.31. The topological polar surface area (TPSA) is 0 Å². The van der Waals surface area contributed by atoms with Crippen molar-refractivity contribution in [3.05, 3.63) is 34.9 Å². The zero-order valence-corrected chi connectivity index (χ0v) is 13.5. The SMILES string of the molecule is Cc1cccc(C2CCC2C(C(C)C)C(C)C)c1C. The first kappa shape index (κ1) is 14.6. The Kier molecular flexibility index (Phi) is 4.38. The maximum Gasteiger partial charge on any atom is -0.0128 e. The molecule has 0 heterocycles. The summed E-state index contributed by atoms with van der Waals surface area (Å²) in [6, 6.07) is 6.86. The Morgan fingerprint density at radius 1 is 0.947 bits per heavy atom. The lowest BCUT2D eigenvalue weighted by molar-refractivity contribution is 0.0875. The molecule has 0 aliphatic heterocycles. The van der Waals surface area contributed by atoms with Crippen LogP contribution in [0.4, 0.5) is 0 Å². The van der Waals surface area contributed by atoms with E-state index in [1.807, 2.05) is 0 Å². The highest BCUT2D eigenvalue weighted by Crippen LogP contribution is 2.51. The summed E-state index contributed by atoms with van der Waals surface area (Å²) in [5, 5.41) is 0. The van der Waals surface area contributed by atoms with Gasteiger partial charge in [-0.3, -0.25) is 0 Å². The maximum absolute atomic E-state index is 2.41. The quantitative estimate of drug-likeness (QED) is 0.647. The van der Waals surface area contributed by atoms with Gasteiger partial charge in [-0.1, -0.05) is 45.9 Å². The molecule has 1 aromatic carbocycles. The number of aryl methyl sites for hydroxylation is 1. The lowest BCUT2D eigenvalue weighted by Crippen LogP contribution is -2.36. The highest BCUT2D eigenvalue weighted by Gasteiger charge is 2.40. The summed E-state index contributed by atoms with van der Waals surface area (Å²) in [4.78, 5) is 0. The van der Waals surface area contributed by atoms with E-state index in [0.29, 0.717) is 0 Å². The lowest BCUT2D eigenvalue weighted by atomic mass is 9.58. The van der Waals surface area contributed by atoms with E-state index in [1.165, 1.54) is 24.0 Å². The molecule has 0 N–H and O–H groups in total. The van der Waals surface area contributed by atoms with Gasteiger partial charge in [0.15, 0.2) is 0 Å². The molecule has 0 aromatic heterocycles. The van der Waals surface area contributed by atoms with Gasteiger partial charge in [-0.25, -0.2) is 0 Å². The minimum absolute atomic E-state index is 0.804. The van der Waals surface area contributed by atoms with Crippen molar-refractivity contribution in [3.8, 4) is 0 Å². The first-order chi connectivity index (χ1) is 8.93. The van der Waals surface area contributed by atoms with E-state index in [1.54, 1.807) is 5.56 Å². The summed E-state index contributed by atoms with van der Waals surface area (Å²) < 4.78 is 0. The molecule has 2 atom stereocenters. The third-order valence-corrected chi connectivity index (χ3v) is 5.41. The number of benzene rings is 1. The standard InChI is InChI=1S/C19H30/c1-12(2)19(13(3)4)18-11-10-17(18)16-9-7-8-14(5)15(16)6/h7-9,12-13,17-19H,10-11H2,1-6H3. The molecule has 0 nitrogen and oxygen atoms in total. The summed E-state index contributed by atoms with van der Waals surface area (Å²) in [6.07, 6.45) is 2.82. The van der Waals surface area contributed by atoms with Crippen LogP contribution in [0.3, 0.4) is 0 Å². The van der Waals surface area contributed by atoms with Crippen LogP contribution >= 0.6 is 0 Å². The summed E-state index contributed by atoms with van der Waals surface area (Å²) in [7, 11) is 0. The van der Waals surface area contributed by atoms with E-state index in [-0.39, 0.29) is 0 Å². The highest BCUT2D eigenvalue weighted by atomic mass is 14.4. The van der Waals surface area contributed by atoms with Gasteiger partial charge >= 0.3 is 0 Å². The molecular weight excluding hydrogens is 228 g/mol. The predicted octanol–water partition coefficient (Wildman–Crippen LogP) is 5.73. The Morgan fingerprint density at radius 3 is 2.05 bits per heavy atom. The van der Waals surface area contributed by atoms with Crippen molar-refractivity contribution in [1.82, 2.24) is 0 Å². The molecule has 2 rings (SSSR count). The van der Waals surface area contributed by atoms with Crippen LogP contribution in [0.25, 0.3) is 0 Å². The molecule has 0 bridgehead atoms. The van der Waals surface area contributed by atoms with Crippen LogP contribution in [0.2, 0.25) is 0 Å². The van der Waals surface area contributed by atoms with Crippen molar-refractivity contribution < 1.29 is 0 Å². The number of rotatable bonds is 4. The third kappa shape index (κ3) is 2.73. The summed E-state index contributed by atoms with van der Waals surface area (Å²) in [5.74, 6) is 4.20. The lowest BCUT2D eigenvalue weighted by Gasteiger charge is -2.46. The Hall–Kier alpha value is -0.780. The van der Waals surface area contributed by atoms with Gasteiger partial charge in [0.25, 0.3) is 0 Å². The van der Waals surface area contributed by atoms with Gasteiger partial charge in [-0.15, -0.1) is 0 Å². The van der Waals surface area contributed by atoms with E-state index in [4.69, 9.17) is 0 Å². The molecule has 1 aliphatic rings. The monoisotopic (exact) mass is 258 g/mol. The predicted molar refractivity (Wildman–Crippen MR) is 84.5 cm³/mol. The van der Waals surface area contributed by atoms with E-state index >= 15 is 0 Å². The van der Waals surface area contributed by atoms with Crippen LogP contribution in [-0.2, 0) is 0 Å². The fourth-order valence-electron chi connectivity index (χ4n) is 4.31. The summed E-state index contributed by atoms with van der Waals surface area (Å²) in [5.41, 5.74) is 4.61.